The number of phenolic OH excluding ortho intramolecular Hbond substituents is 1. The van der Waals surface area contributed by atoms with Crippen LogP contribution in [-0.2, 0) is 0 Å². The molecule has 1 aromatic carbocycles. The molecule has 12 heavy (non-hydrogen) atoms. The van der Waals surface area contributed by atoms with Crippen molar-refractivity contribution in [2.45, 2.75) is 0 Å². The van der Waals surface area contributed by atoms with Crippen LogP contribution in [0.1, 0.15) is 15.9 Å². The Balaban J connectivity index is 3.43. The summed E-state index contributed by atoms with van der Waals surface area (Å²) >= 11 is 0. The monoisotopic (exact) mass is 167 g/mol. The van der Waals surface area contributed by atoms with Crippen LogP contribution in [0, 0.1) is 6.92 Å². The fraction of sp³-hybridized carbons (Fsp3) is 0. The van der Waals surface area contributed by atoms with E-state index in [1.54, 1.807) is 0 Å². The molecule has 3 N–H and O–H groups in total. The minimum atomic E-state index is -1.31. The van der Waals surface area contributed by atoms with E-state index in [1.807, 2.05) is 0 Å². The summed E-state index contributed by atoms with van der Waals surface area (Å²) < 4.78 is 0. The molecule has 1 aromatic rings. The van der Waals surface area contributed by atoms with Gasteiger partial charge in [0.1, 0.15) is 5.56 Å². The van der Waals surface area contributed by atoms with Gasteiger partial charge >= 0.3 is 5.97 Å². The van der Waals surface area contributed by atoms with E-state index in [9.17, 15) is 4.79 Å². The van der Waals surface area contributed by atoms with Gasteiger partial charge in [0.25, 0.3) is 0 Å². The van der Waals surface area contributed by atoms with Gasteiger partial charge < -0.3 is 15.3 Å². The van der Waals surface area contributed by atoms with Gasteiger partial charge in [-0.2, -0.15) is 0 Å². The Morgan fingerprint density at radius 1 is 1.33 bits per heavy atom. The predicted molar refractivity (Wildman–Crippen MR) is 41.2 cm³/mol. The number of aromatic carboxylic acids is 1. The van der Waals surface area contributed by atoms with Crippen molar-refractivity contribution >= 4 is 5.97 Å². The van der Waals surface area contributed by atoms with Crippen molar-refractivity contribution in [2.75, 3.05) is 0 Å². The lowest BCUT2D eigenvalue weighted by Gasteiger charge is -2.04. The maximum atomic E-state index is 10.5. The summed E-state index contributed by atoms with van der Waals surface area (Å²) in [6.45, 7) is 3.39. The SMILES string of the molecule is [CH2]c1ccc(O)c(O)c1C(=O)O. The lowest BCUT2D eigenvalue weighted by Crippen LogP contribution is -1.99. The van der Waals surface area contributed by atoms with Crippen molar-refractivity contribution in [1.29, 1.82) is 0 Å². The summed E-state index contributed by atoms with van der Waals surface area (Å²) in [5.41, 5.74) is -0.201. The molecule has 0 atom stereocenters. The minimum Gasteiger partial charge on any atom is -0.504 e. The van der Waals surface area contributed by atoms with E-state index in [0.717, 1.165) is 0 Å². The van der Waals surface area contributed by atoms with E-state index in [1.165, 1.54) is 12.1 Å². The zero-order chi connectivity index (χ0) is 9.30. The van der Waals surface area contributed by atoms with Crippen molar-refractivity contribution in [1.82, 2.24) is 0 Å². The molecule has 0 aliphatic rings. The van der Waals surface area contributed by atoms with Crippen LogP contribution in [0.4, 0.5) is 0 Å². The van der Waals surface area contributed by atoms with Crippen LogP contribution in [0.3, 0.4) is 0 Å². The number of carboxylic acids is 1. The second kappa shape index (κ2) is 2.73. The molecule has 0 aliphatic heterocycles. The van der Waals surface area contributed by atoms with Crippen LogP contribution >= 0.6 is 0 Å². The van der Waals surface area contributed by atoms with Crippen molar-refractivity contribution in [3.05, 3.63) is 30.2 Å². The first-order chi connectivity index (χ1) is 5.54. The van der Waals surface area contributed by atoms with Crippen LogP contribution in [0.5, 0.6) is 11.5 Å². The third kappa shape index (κ3) is 1.18. The van der Waals surface area contributed by atoms with Crippen molar-refractivity contribution in [3.63, 3.8) is 0 Å². The number of phenols is 2. The molecule has 4 heteroatoms. The summed E-state index contributed by atoms with van der Waals surface area (Å²) in [7, 11) is 0. The molecule has 0 amide bonds. The fourth-order valence-electron chi connectivity index (χ4n) is 0.861. The highest BCUT2D eigenvalue weighted by atomic mass is 16.4. The predicted octanol–water partition coefficient (Wildman–Crippen LogP) is 0.978. The fourth-order valence-corrected chi connectivity index (χ4v) is 0.861. The lowest BCUT2D eigenvalue weighted by molar-refractivity contribution is 0.0692. The second-order valence-corrected chi connectivity index (χ2v) is 2.27. The standard InChI is InChI=1S/C8H7O4/c1-4-2-3-5(9)7(10)6(4)8(11)12/h2-3,9-10H,1H2,(H,11,12). The molecule has 0 bridgehead atoms. The minimum absolute atomic E-state index is 0.165. The molecule has 0 heterocycles. The molecule has 0 unspecified atom stereocenters. The van der Waals surface area contributed by atoms with Gasteiger partial charge in [0.2, 0.25) is 0 Å². The Morgan fingerprint density at radius 2 is 1.92 bits per heavy atom. The summed E-state index contributed by atoms with van der Waals surface area (Å²) in [5.74, 6) is -2.41. The van der Waals surface area contributed by atoms with Crippen LogP contribution in [0.15, 0.2) is 12.1 Å². The van der Waals surface area contributed by atoms with E-state index in [2.05, 4.69) is 6.92 Å². The second-order valence-electron chi connectivity index (χ2n) is 2.27. The molecule has 0 saturated carbocycles. The maximum Gasteiger partial charge on any atom is 0.339 e. The Morgan fingerprint density at radius 3 is 2.33 bits per heavy atom. The molecule has 63 valence electrons. The van der Waals surface area contributed by atoms with Gasteiger partial charge in [-0.05, 0) is 18.6 Å². The third-order valence-electron chi connectivity index (χ3n) is 1.46. The zero-order valence-electron chi connectivity index (χ0n) is 6.11. The van der Waals surface area contributed by atoms with Gasteiger partial charge in [-0.15, -0.1) is 0 Å². The molecular formula is C8H7O4. The number of rotatable bonds is 1. The maximum absolute atomic E-state index is 10.5. The topological polar surface area (TPSA) is 77.8 Å². The Kier molecular flexibility index (Phi) is 1.91. The van der Waals surface area contributed by atoms with E-state index in [-0.39, 0.29) is 11.1 Å². The zero-order valence-corrected chi connectivity index (χ0v) is 6.11. The van der Waals surface area contributed by atoms with Crippen LogP contribution in [0.2, 0.25) is 0 Å². The van der Waals surface area contributed by atoms with E-state index in [0.29, 0.717) is 0 Å². The Hall–Kier alpha value is -1.71. The van der Waals surface area contributed by atoms with Crippen molar-refractivity contribution in [3.8, 4) is 11.5 Å². The highest BCUT2D eigenvalue weighted by Gasteiger charge is 2.15. The van der Waals surface area contributed by atoms with Crippen molar-refractivity contribution < 1.29 is 20.1 Å². The first kappa shape index (κ1) is 8.39. The number of hydrogen-bond donors (Lipinski definition) is 3. The summed E-state index contributed by atoms with van der Waals surface area (Å²) in [4.78, 5) is 10.5. The largest absolute Gasteiger partial charge is 0.504 e. The van der Waals surface area contributed by atoms with Gasteiger partial charge in [0.15, 0.2) is 11.5 Å². The Labute approximate surface area is 68.7 Å². The average molecular weight is 167 g/mol. The van der Waals surface area contributed by atoms with Gasteiger partial charge in [-0.25, -0.2) is 4.79 Å². The summed E-state index contributed by atoms with van der Waals surface area (Å²) in [6.07, 6.45) is 0. The molecule has 0 spiro atoms. The number of benzene rings is 1. The highest BCUT2D eigenvalue weighted by Crippen LogP contribution is 2.30. The highest BCUT2D eigenvalue weighted by molar-refractivity contribution is 5.93. The van der Waals surface area contributed by atoms with Crippen LogP contribution in [0.25, 0.3) is 0 Å². The van der Waals surface area contributed by atoms with Gasteiger partial charge in [0, 0.05) is 0 Å². The number of aromatic hydroxyl groups is 2. The summed E-state index contributed by atoms with van der Waals surface area (Å²) in [5, 5.41) is 26.6. The van der Waals surface area contributed by atoms with Crippen LogP contribution in [-0.4, -0.2) is 21.3 Å². The molecule has 0 fully saturated rings. The first-order valence-corrected chi connectivity index (χ1v) is 3.14. The molecule has 0 saturated heterocycles. The quantitative estimate of drug-likeness (QED) is 0.545. The van der Waals surface area contributed by atoms with Gasteiger partial charge in [0.05, 0.1) is 0 Å². The smallest absolute Gasteiger partial charge is 0.339 e. The van der Waals surface area contributed by atoms with Crippen LogP contribution < -0.4 is 0 Å². The third-order valence-corrected chi connectivity index (χ3v) is 1.46. The number of carboxylic acid groups (broad SMARTS) is 1. The molecule has 4 nitrogen and oxygen atoms in total. The van der Waals surface area contributed by atoms with E-state index in [4.69, 9.17) is 15.3 Å². The van der Waals surface area contributed by atoms with E-state index >= 15 is 0 Å². The Bertz CT molecular complexity index is 330. The van der Waals surface area contributed by atoms with E-state index < -0.39 is 17.5 Å². The molecule has 0 aliphatic carbocycles. The normalized spacial score (nSPS) is 9.75. The number of carbonyl (C=O) groups is 1. The first-order valence-electron chi connectivity index (χ1n) is 3.14. The summed E-state index contributed by atoms with van der Waals surface area (Å²) in [6, 6.07) is 2.50. The lowest BCUT2D eigenvalue weighted by atomic mass is 10.1. The average Bonchev–Trinajstić information content (AvgIpc) is 1.97. The molecule has 1 rings (SSSR count). The van der Waals surface area contributed by atoms with Crippen molar-refractivity contribution in [2.24, 2.45) is 0 Å². The van der Waals surface area contributed by atoms with Gasteiger partial charge in [-0.3, -0.25) is 0 Å². The molecular weight excluding hydrogens is 160 g/mol. The van der Waals surface area contributed by atoms with Gasteiger partial charge in [-0.1, -0.05) is 6.07 Å². The number of hydrogen-bond acceptors (Lipinski definition) is 3. The molecule has 0 aromatic heterocycles. The molecule has 1 radical (unpaired) electrons.